The predicted octanol–water partition coefficient (Wildman–Crippen LogP) is 9.38. The van der Waals surface area contributed by atoms with E-state index in [4.69, 9.17) is 0 Å². The van der Waals surface area contributed by atoms with Crippen LogP contribution in [0.3, 0.4) is 0 Å². The Labute approximate surface area is 210 Å². The summed E-state index contributed by atoms with van der Waals surface area (Å²) >= 11 is 0. The first kappa shape index (κ1) is 28.5. The Morgan fingerprint density at radius 3 is 1.72 bits per heavy atom. The molecule has 2 aromatic heterocycles. The first-order chi connectivity index (χ1) is 12.6. The van der Waals surface area contributed by atoms with Crippen molar-refractivity contribution >= 4 is 41.2 Å². The molecule has 29 heavy (non-hydrogen) atoms. The fourth-order valence-corrected chi connectivity index (χ4v) is 5.15. The van der Waals surface area contributed by atoms with Gasteiger partial charge in [0.05, 0.1) is 0 Å². The Morgan fingerprint density at radius 1 is 0.724 bits per heavy atom. The fourth-order valence-electron chi connectivity index (χ4n) is 2.86. The predicted molar refractivity (Wildman–Crippen MR) is 133 cm³/mol. The van der Waals surface area contributed by atoms with Crippen molar-refractivity contribution in [3.8, 4) is 21.7 Å². The van der Waals surface area contributed by atoms with E-state index >= 15 is 0 Å². The molecule has 0 fully saturated rings. The monoisotopic (exact) mass is 536 g/mol. The molecule has 2 aromatic carbocycles. The summed E-state index contributed by atoms with van der Waals surface area (Å²) in [5.74, 6) is 0. The maximum Gasteiger partial charge on any atom is 2.00 e. The van der Waals surface area contributed by atoms with Gasteiger partial charge in [-0.15, -0.1) is 59.9 Å². The Bertz CT molecular complexity index is 900. The van der Waals surface area contributed by atoms with Crippen LogP contribution in [-0.4, -0.2) is 0 Å². The number of hydrogen-bond donors (Lipinski definition) is 0. The van der Waals surface area contributed by atoms with Gasteiger partial charge in [-0.1, -0.05) is 92.4 Å². The van der Waals surface area contributed by atoms with Crippen molar-refractivity contribution in [3.63, 3.8) is 0 Å². The third kappa shape index (κ3) is 7.58. The van der Waals surface area contributed by atoms with Gasteiger partial charge in [0.2, 0.25) is 0 Å². The van der Waals surface area contributed by atoms with Gasteiger partial charge in [0.1, 0.15) is 0 Å². The molecule has 0 saturated carbocycles. The van der Waals surface area contributed by atoms with Crippen LogP contribution in [0, 0.1) is 27.7 Å². The standard InChI is InChI=1S/C16H12P.C8H12P.2ClH.Zr/c1-3-7-13(8-4-1)15-11-12-16(17-15)14-9-5-2-6-10-14;1-5-6(2)8(4)9-7(5)3;;;/h1-12H;1-4H3;2*1H;/q2*-1;;;+2. The maximum absolute atomic E-state index is 2.22. The zero-order valence-corrected chi connectivity index (χ0v) is 23.0. The Balaban J connectivity index is 0.000000569. The van der Waals surface area contributed by atoms with Gasteiger partial charge < -0.3 is 0 Å². The second-order valence-electron chi connectivity index (χ2n) is 6.48. The van der Waals surface area contributed by atoms with Gasteiger partial charge >= 0.3 is 26.2 Å². The molecule has 0 aliphatic rings. The normalized spacial score (nSPS) is 9.79. The molecule has 0 nitrogen and oxygen atoms in total. The zero-order valence-electron chi connectivity index (χ0n) is 17.1. The minimum atomic E-state index is 0. The molecule has 4 aromatic rings. The summed E-state index contributed by atoms with van der Waals surface area (Å²) in [4.78, 5) is 0. The Kier molecular flexibility index (Phi) is 13.4. The molecule has 0 unspecified atom stereocenters. The third-order valence-corrected chi connectivity index (χ3v) is 7.40. The molecule has 2 heterocycles. The van der Waals surface area contributed by atoms with Crippen LogP contribution < -0.4 is 0 Å². The Hall–Kier alpha value is -0.537. The number of benzene rings is 2. The van der Waals surface area contributed by atoms with Gasteiger partial charge in [-0.25, -0.2) is 8.19 Å². The number of aryl methyl sites for hydroxylation is 2. The van der Waals surface area contributed by atoms with E-state index in [0.717, 1.165) is 0 Å². The van der Waals surface area contributed by atoms with Crippen LogP contribution in [0.1, 0.15) is 21.7 Å². The van der Waals surface area contributed by atoms with Crippen molar-refractivity contribution in [1.29, 1.82) is 0 Å². The Morgan fingerprint density at radius 2 is 1.28 bits per heavy atom. The van der Waals surface area contributed by atoms with Crippen LogP contribution in [0.25, 0.3) is 21.7 Å². The molecule has 150 valence electrons. The molecule has 0 amide bonds. The van der Waals surface area contributed by atoms with E-state index in [9.17, 15) is 0 Å². The van der Waals surface area contributed by atoms with E-state index in [1.54, 1.807) is 0 Å². The first-order valence-electron chi connectivity index (χ1n) is 8.88. The largest absolute Gasteiger partial charge is 2.00 e. The third-order valence-electron chi connectivity index (χ3n) is 4.76. The first-order valence-corrected chi connectivity index (χ1v) is 10.7. The van der Waals surface area contributed by atoms with E-state index in [1.165, 1.54) is 59.8 Å². The molecular weight excluding hydrogens is 512 g/mol. The zero-order chi connectivity index (χ0) is 18.5. The molecule has 4 rings (SSSR count). The second kappa shape index (κ2) is 13.7. The van der Waals surface area contributed by atoms with Gasteiger partial charge in [0.15, 0.2) is 0 Å². The SMILES string of the molecule is Cc1p[c-](C)c(C)c1C.Cl.Cl.[Zr+2].c1ccc(-c2cc[c-](-c3ccccc3)p2)cc1. The molecule has 0 N–H and O–H groups in total. The van der Waals surface area contributed by atoms with Gasteiger partial charge in [0.25, 0.3) is 0 Å². The van der Waals surface area contributed by atoms with Crippen molar-refractivity contribution in [2.24, 2.45) is 0 Å². The van der Waals surface area contributed by atoms with Crippen molar-refractivity contribution < 1.29 is 26.2 Å². The molecule has 5 heteroatoms. The van der Waals surface area contributed by atoms with Gasteiger partial charge in [-0.2, -0.15) is 24.6 Å². The average Bonchev–Trinajstić information content (AvgIpc) is 3.26. The van der Waals surface area contributed by atoms with Crippen LogP contribution in [0.5, 0.6) is 0 Å². The van der Waals surface area contributed by atoms with Crippen LogP contribution in [0.15, 0.2) is 72.8 Å². The minimum Gasteiger partial charge on any atom is -0.220 e. The van der Waals surface area contributed by atoms with Gasteiger partial charge in [0, 0.05) is 0 Å². The molecule has 0 aliphatic carbocycles. The molecule has 0 saturated heterocycles. The maximum atomic E-state index is 2.22. The fraction of sp³-hybridized carbons (Fsp3) is 0.167. The molecule has 0 atom stereocenters. The van der Waals surface area contributed by atoms with E-state index in [1.807, 2.05) is 0 Å². The van der Waals surface area contributed by atoms with Crippen molar-refractivity contribution in [2.45, 2.75) is 27.7 Å². The molecular formula is C24H26Cl2P2Zr. The number of hydrogen-bond acceptors (Lipinski definition) is 0. The summed E-state index contributed by atoms with van der Waals surface area (Å²) in [7, 11) is 2.74. The summed E-state index contributed by atoms with van der Waals surface area (Å²) in [6.07, 6.45) is 0. The van der Waals surface area contributed by atoms with Crippen LogP contribution >= 0.6 is 41.2 Å². The van der Waals surface area contributed by atoms with Gasteiger partial charge in [-0.05, 0) is 0 Å². The van der Waals surface area contributed by atoms with E-state index in [-0.39, 0.29) is 51.0 Å². The molecule has 0 spiro atoms. The van der Waals surface area contributed by atoms with Crippen molar-refractivity contribution in [1.82, 2.24) is 0 Å². The second-order valence-corrected chi connectivity index (χ2v) is 9.23. The van der Waals surface area contributed by atoms with E-state index < -0.39 is 0 Å². The van der Waals surface area contributed by atoms with E-state index in [2.05, 4.69) is 100 Å². The number of halogens is 2. The minimum absolute atomic E-state index is 0. The van der Waals surface area contributed by atoms with E-state index in [0.29, 0.717) is 0 Å². The smallest absolute Gasteiger partial charge is 0.220 e. The molecule has 0 radical (unpaired) electrons. The molecule has 0 aliphatic heterocycles. The van der Waals surface area contributed by atoms with Crippen molar-refractivity contribution in [3.05, 3.63) is 94.5 Å². The topological polar surface area (TPSA) is 0 Å². The average molecular weight is 539 g/mol. The van der Waals surface area contributed by atoms with Crippen LogP contribution in [0.2, 0.25) is 0 Å². The quantitative estimate of drug-likeness (QED) is 0.223. The molecule has 0 bridgehead atoms. The van der Waals surface area contributed by atoms with Crippen LogP contribution in [-0.2, 0) is 26.2 Å². The summed E-state index contributed by atoms with van der Waals surface area (Å²) in [6, 6.07) is 25.6. The summed E-state index contributed by atoms with van der Waals surface area (Å²) in [5.41, 5.74) is 5.62. The summed E-state index contributed by atoms with van der Waals surface area (Å²) in [5, 5.41) is 5.80. The summed E-state index contributed by atoms with van der Waals surface area (Å²) < 4.78 is 0. The van der Waals surface area contributed by atoms with Crippen LogP contribution in [0.4, 0.5) is 0 Å². The summed E-state index contributed by atoms with van der Waals surface area (Å²) in [6.45, 7) is 8.82. The van der Waals surface area contributed by atoms with Gasteiger partial charge in [-0.3, -0.25) is 0 Å². The van der Waals surface area contributed by atoms with Crippen molar-refractivity contribution in [2.75, 3.05) is 0 Å². The number of rotatable bonds is 2.